The summed E-state index contributed by atoms with van der Waals surface area (Å²) in [5.74, 6) is 1.29. The van der Waals surface area contributed by atoms with Crippen molar-refractivity contribution in [3.63, 3.8) is 0 Å². The number of hydrogen-bond acceptors (Lipinski definition) is 3. The molecule has 0 radical (unpaired) electrons. The quantitative estimate of drug-likeness (QED) is 0.831. The highest BCUT2D eigenvalue weighted by atomic mass is 35.5. The largest absolute Gasteiger partial charge is 0.486 e. The van der Waals surface area contributed by atoms with Crippen molar-refractivity contribution in [3.8, 4) is 11.5 Å². The molecule has 3 rings (SSSR count). The fourth-order valence-corrected chi connectivity index (χ4v) is 2.99. The summed E-state index contributed by atoms with van der Waals surface area (Å²) >= 11 is 12.0. The number of anilines is 1. The minimum atomic E-state index is -0.342. The molecule has 2 aromatic rings. The normalized spacial score (nSPS) is 14.0. The predicted octanol–water partition coefficient (Wildman–Crippen LogP) is 4.65. The molecule has 2 N–H and O–H groups in total. The average molecular weight is 367 g/mol. The van der Waals surface area contributed by atoms with Gasteiger partial charge in [0.15, 0.2) is 11.5 Å². The highest BCUT2D eigenvalue weighted by Crippen LogP contribution is 2.32. The summed E-state index contributed by atoms with van der Waals surface area (Å²) in [6, 6.07) is 9.82. The van der Waals surface area contributed by atoms with Crippen molar-refractivity contribution >= 4 is 34.9 Å². The number of carbonyl (C=O) groups excluding carboxylic acids is 1. The van der Waals surface area contributed by atoms with Crippen LogP contribution in [-0.2, 0) is 0 Å². The molecule has 0 saturated carbocycles. The van der Waals surface area contributed by atoms with E-state index in [1.54, 1.807) is 36.4 Å². The third kappa shape index (κ3) is 3.86. The minimum Gasteiger partial charge on any atom is -0.486 e. The molecule has 126 valence electrons. The van der Waals surface area contributed by atoms with E-state index in [1.165, 1.54) is 0 Å². The third-order valence-electron chi connectivity index (χ3n) is 3.58. The maximum atomic E-state index is 12.2. The van der Waals surface area contributed by atoms with Crippen molar-refractivity contribution in [2.24, 2.45) is 0 Å². The number of halogens is 2. The van der Waals surface area contributed by atoms with E-state index >= 15 is 0 Å². The lowest BCUT2D eigenvalue weighted by molar-refractivity contribution is 0.171. The number of rotatable bonds is 3. The molecule has 0 aromatic heterocycles. The number of carbonyl (C=O) groups is 1. The summed E-state index contributed by atoms with van der Waals surface area (Å²) in [4.78, 5) is 12.2. The zero-order valence-corrected chi connectivity index (χ0v) is 14.4. The summed E-state index contributed by atoms with van der Waals surface area (Å²) in [5.41, 5.74) is 1.41. The Morgan fingerprint density at radius 2 is 1.83 bits per heavy atom. The van der Waals surface area contributed by atoms with Gasteiger partial charge in [0.1, 0.15) is 13.2 Å². The summed E-state index contributed by atoms with van der Waals surface area (Å²) in [6.45, 7) is 2.87. The molecule has 24 heavy (non-hydrogen) atoms. The van der Waals surface area contributed by atoms with E-state index in [2.05, 4.69) is 10.6 Å². The molecule has 0 aliphatic carbocycles. The first-order valence-electron chi connectivity index (χ1n) is 7.45. The molecular formula is C17H16Cl2N2O3. The first-order chi connectivity index (χ1) is 11.5. The van der Waals surface area contributed by atoms with Crippen LogP contribution in [0, 0.1) is 0 Å². The molecule has 0 spiro atoms. The van der Waals surface area contributed by atoms with E-state index in [9.17, 15) is 4.79 Å². The first kappa shape index (κ1) is 16.7. The number of hydrogen-bond donors (Lipinski definition) is 2. The van der Waals surface area contributed by atoms with Gasteiger partial charge in [0.2, 0.25) is 0 Å². The van der Waals surface area contributed by atoms with Crippen molar-refractivity contribution in [2.45, 2.75) is 13.0 Å². The Bertz CT molecular complexity index is 767. The Kier molecular flexibility index (Phi) is 5.02. The van der Waals surface area contributed by atoms with E-state index in [1.807, 2.05) is 6.92 Å². The summed E-state index contributed by atoms with van der Waals surface area (Å²) in [6.07, 6.45) is 0. The van der Waals surface area contributed by atoms with Crippen LogP contribution in [0.1, 0.15) is 18.5 Å². The fraction of sp³-hybridized carbons (Fsp3) is 0.235. The van der Waals surface area contributed by atoms with Crippen LogP contribution in [0.15, 0.2) is 36.4 Å². The van der Waals surface area contributed by atoms with Gasteiger partial charge in [-0.2, -0.15) is 0 Å². The maximum absolute atomic E-state index is 12.2. The van der Waals surface area contributed by atoms with Crippen LogP contribution >= 0.6 is 23.2 Å². The second-order valence-electron chi connectivity index (χ2n) is 5.34. The number of nitrogens with one attached hydrogen (secondary N) is 2. The number of urea groups is 1. The lowest BCUT2D eigenvalue weighted by atomic mass is 10.1. The highest BCUT2D eigenvalue weighted by Gasteiger charge is 2.15. The second-order valence-corrected chi connectivity index (χ2v) is 6.19. The zero-order valence-electron chi connectivity index (χ0n) is 12.9. The summed E-state index contributed by atoms with van der Waals surface area (Å²) in [5, 5.41) is 6.67. The molecule has 0 fully saturated rings. The molecule has 7 heteroatoms. The molecule has 1 heterocycles. The first-order valence-corrected chi connectivity index (χ1v) is 8.20. The molecule has 0 unspecified atom stereocenters. The zero-order chi connectivity index (χ0) is 17.1. The lowest BCUT2D eigenvalue weighted by Gasteiger charge is -2.20. The van der Waals surface area contributed by atoms with Gasteiger partial charge in [0, 0.05) is 21.8 Å². The van der Waals surface area contributed by atoms with Crippen molar-refractivity contribution in [2.75, 3.05) is 18.5 Å². The van der Waals surface area contributed by atoms with Gasteiger partial charge in [-0.1, -0.05) is 29.3 Å². The molecule has 1 aliphatic heterocycles. The van der Waals surface area contributed by atoms with Crippen LogP contribution in [0.3, 0.4) is 0 Å². The standard InChI is InChI=1S/C17H16Cl2N2O3/c1-10(13-4-2-11(18)8-14(13)19)20-17(22)21-12-3-5-15-16(9-12)24-7-6-23-15/h2-5,8-10H,6-7H2,1H3,(H2,20,21,22)/t10-/m1/s1. The van der Waals surface area contributed by atoms with E-state index in [0.29, 0.717) is 40.4 Å². The van der Waals surface area contributed by atoms with E-state index in [-0.39, 0.29) is 12.1 Å². The SMILES string of the molecule is C[C@@H](NC(=O)Nc1ccc2c(c1)OCCO2)c1ccc(Cl)cc1Cl. The predicted molar refractivity (Wildman–Crippen MR) is 94.5 cm³/mol. The Morgan fingerprint density at radius 3 is 2.58 bits per heavy atom. The van der Waals surface area contributed by atoms with Crippen molar-refractivity contribution < 1.29 is 14.3 Å². The van der Waals surface area contributed by atoms with Gasteiger partial charge in [-0.15, -0.1) is 0 Å². The Balaban J connectivity index is 1.65. The van der Waals surface area contributed by atoms with E-state index < -0.39 is 0 Å². The third-order valence-corrected chi connectivity index (χ3v) is 4.14. The second kappa shape index (κ2) is 7.20. The maximum Gasteiger partial charge on any atom is 0.319 e. The van der Waals surface area contributed by atoms with Gasteiger partial charge >= 0.3 is 6.03 Å². The molecular weight excluding hydrogens is 351 g/mol. The molecule has 1 atom stereocenters. The molecule has 0 saturated heterocycles. The van der Waals surface area contributed by atoms with Gasteiger partial charge in [-0.3, -0.25) is 0 Å². The van der Waals surface area contributed by atoms with E-state index in [4.69, 9.17) is 32.7 Å². The van der Waals surface area contributed by atoms with Gasteiger partial charge in [0.05, 0.1) is 6.04 Å². The summed E-state index contributed by atoms with van der Waals surface area (Å²) in [7, 11) is 0. The van der Waals surface area contributed by atoms with Crippen LogP contribution in [0.4, 0.5) is 10.5 Å². The number of ether oxygens (including phenoxy) is 2. The Morgan fingerprint density at radius 1 is 1.08 bits per heavy atom. The van der Waals surface area contributed by atoms with E-state index in [0.717, 1.165) is 5.56 Å². The van der Waals surface area contributed by atoms with Gasteiger partial charge in [-0.05, 0) is 36.8 Å². The fourth-order valence-electron chi connectivity index (χ4n) is 2.42. The monoisotopic (exact) mass is 366 g/mol. The van der Waals surface area contributed by atoms with Crippen molar-refractivity contribution in [3.05, 3.63) is 52.0 Å². The van der Waals surface area contributed by atoms with Crippen molar-refractivity contribution in [1.29, 1.82) is 0 Å². The van der Waals surface area contributed by atoms with Crippen LogP contribution < -0.4 is 20.1 Å². The topological polar surface area (TPSA) is 59.6 Å². The van der Waals surface area contributed by atoms with Crippen LogP contribution in [0.2, 0.25) is 10.0 Å². The number of benzene rings is 2. The number of fused-ring (bicyclic) bond motifs is 1. The molecule has 2 amide bonds. The van der Waals surface area contributed by atoms with Crippen LogP contribution in [-0.4, -0.2) is 19.2 Å². The van der Waals surface area contributed by atoms with Crippen molar-refractivity contribution in [1.82, 2.24) is 5.32 Å². The molecule has 0 bridgehead atoms. The smallest absolute Gasteiger partial charge is 0.319 e. The Labute approximate surface area is 149 Å². The van der Waals surface area contributed by atoms with Gasteiger partial charge in [0.25, 0.3) is 0 Å². The van der Waals surface area contributed by atoms with Crippen LogP contribution in [0.25, 0.3) is 0 Å². The minimum absolute atomic E-state index is 0.271. The molecule has 2 aromatic carbocycles. The Hall–Kier alpha value is -2.11. The van der Waals surface area contributed by atoms with Crippen LogP contribution in [0.5, 0.6) is 11.5 Å². The van der Waals surface area contributed by atoms with Gasteiger partial charge in [-0.25, -0.2) is 4.79 Å². The summed E-state index contributed by atoms with van der Waals surface area (Å²) < 4.78 is 10.9. The van der Waals surface area contributed by atoms with Gasteiger partial charge < -0.3 is 20.1 Å². The lowest BCUT2D eigenvalue weighted by Crippen LogP contribution is -2.31. The molecule has 5 nitrogen and oxygen atoms in total. The average Bonchev–Trinajstić information content (AvgIpc) is 2.54. The number of amides is 2. The highest BCUT2D eigenvalue weighted by molar-refractivity contribution is 6.35. The molecule has 1 aliphatic rings.